The fraction of sp³-hybridized carbons (Fsp3) is 0.433. The Labute approximate surface area is 272 Å². The summed E-state index contributed by atoms with van der Waals surface area (Å²) in [5.41, 5.74) is 7.49. The number of rotatable bonds is 11. The Morgan fingerprint density at radius 2 is 2.00 bits per heavy atom. The van der Waals surface area contributed by atoms with Gasteiger partial charge in [0.05, 0.1) is 0 Å². The normalized spacial score (nSPS) is 22.8. The highest BCUT2D eigenvalue weighted by Crippen LogP contribution is 2.41. The molecule has 2 atom stereocenters. The standard InChI is InChI=1S/C30H33N7O7S2/c31-30-32-21(16-46-30)22(34-44-20-3-1-2-4-20)25(39)33-23-27(41)37-24(29(42)43)19(15-45-28(23)37)13-18-7-10-36(26(18)40)14-17-5-8-35(9-6-17)11-12-38/h5-6,8-9,13,16,20,23,28,38H,1-4,7,10-12,14-15H2,(H3-,31,32,33,39,42,43)/p+1/t23-,28-/m1/s1. The highest BCUT2D eigenvalue weighted by atomic mass is 32.2. The maximum atomic E-state index is 13.4. The van der Waals surface area contributed by atoms with E-state index < -0.39 is 29.2 Å². The number of β-lactam (4-membered cyclic amide) rings is 1. The van der Waals surface area contributed by atoms with Crippen molar-refractivity contribution in [1.29, 1.82) is 0 Å². The molecule has 14 nitrogen and oxygen atoms in total. The molecule has 0 spiro atoms. The van der Waals surface area contributed by atoms with Crippen LogP contribution in [0.4, 0.5) is 5.13 Å². The van der Waals surface area contributed by atoms with Crippen LogP contribution in [0.2, 0.25) is 0 Å². The van der Waals surface area contributed by atoms with Crippen LogP contribution >= 0.6 is 23.1 Å². The highest BCUT2D eigenvalue weighted by Gasteiger charge is 2.54. The molecule has 242 valence electrons. The highest BCUT2D eigenvalue weighted by molar-refractivity contribution is 8.00. The predicted octanol–water partition coefficient (Wildman–Crippen LogP) is 0.766. The molecular formula is C30H34N7O7S2+. The summed E-state index contributed by atoms with van der Waals surface area (Å²) in [5, 5.41) is 27.2. The van der Waals surface area contributed by atoms with Gasteiger partial charge in [-0.15, -0.1) is 23.1 Å². The minimum atomic E-state index is -1.29. The van der Waals surface area contributed by atoms with E-state index in [-0.39, 0.29) is 46.6 Å². The van der Waals surface area contributed by atoms with E-state index in [2.05, 4.69) is 15.5 Å². The Morgan fingerprint density at radius 3 is 2.67 bits per heavy atom. The lowest BCUT2D eigenvalue weighted by Crippen LogP contribution is -2.71. The maximum absolute atomic E-state index is 13.4. The number of nitrogens with one attached hydrogen (secondary N) is 1. The molecule has 5 heterocycles. The molecule has 1 saturated carbocycles. The average Bonchev–Trinajstić information content (AvgIpc) is 3.80. The largest absolute Gasteiger partial charge is 0.477 e. The lowest BCUT2D eigenvalue weighted by atomic mass is 10.0. The molecule has 2 aromatic heterocycles. The Kier molecular flexibility index (Phi) is 9.37. The molecule has 6 rings (SSSR count). The molecule has 5 N–H and O–H groups in total. The van der Waals surface area contributed by atoms with Gasteiger partial charge in [0.25, 0.3) is 11.8 Å². The number of aliphatic hydroxyl groups excluding tert-OH is 1. The monoisotopic (exact) mass is 668 g/mol. The molecule has 0 aromatic carbocycles. The second kappa shape index (κ2) is 13.6. The number of nitrogen functional groups attached to an aromatic ring is 1. The number of likely N-dealkylation sites (tertiary alicyclic amines) is 1. The van der Waals surface area contributed by atoms with Crippen LogP contribution in [-0.2, 0) is 37.1 Å². The zero-order valence-corrected chi connectivity index (χ0v) is 26.5. The molecular weight excluding hydrogens is 635 g/mol. The number of nitrogens with two attached hydrogens (primary N) is 1. The topological polar surface area (TPSA) is 192 Å². The van der Waals surface area contributed by atoms with Gasteiger partial charge in [0.1, 0.15) is 35.5 Å². The zero-order chi connectivity index (χ0) is 32.4. The van der Waals surface area contributed by atoms with Crippen molar-refractivity contribution in [2.24, 2.45) is 5.16 Å². The second-order valence-corrected chi connectivity index (χ2v) is 13.4. The van der Waals surface area contributed by atoms with Gasteiger partial charge in [0, 0.05) is 41.9 Å². The zero-order valence-electron chi connectivity index (χ0n) is 24.8. The molecule has 0 unspecified atom stereocenters. The average molecular weight is 669 g/mol. The summed E-state index contributed by atoms with van der Waals surface area (Å²) in [6, 6.07) is 2.80. The van der Waals surface area contributed by atoms with Crippen molar-refractivity contribution in [3.8, 4) is 0 Å². The van der Waals surface area contributed by atoms with Gasteiger partial charge in [0.2, 0.25) is 5.91 Å². The third-order valence-electron chi connectivity index (χ3n) is 8.32. The first-order chi connectivity index (χ1) is 22.2. The lowest BCUT2D eigenvalue weighted by molar-refractivity contribution is -0.698. The van der Waals surface area contributed by atoms with Gasteiger partial charge >= 0.3 is 5.97 Å². The summed E-state index contributed by atoms with van der Waals surface area (Å²) in [6.45, 7) is 1.39. The van der Waals surface area contributed by atoms with Crippen molar-refractivity contribution in [1.82, 2.24) is 20.1 Å². The molecule has 0 bridgehead atoms. The Balaban J connectivity index is 1.15. The van der Waals surface area contributed by atoms with Crippen molar-refractivity contribution >= 4 is 57.6 Å². The van der Waals surface area contributed by atoms with Crippen LogP contribution in [0.3, 0.4) is 0 Å². The number of carboxylic acid groups (broad SMARTS) is 1. The number of anilines is 1. The van der Waals surface area contributed by atoms with E-state index in [1.807, 2.05) is 29.1 Å². The third-order valence-corrected chi connectivity index (χ3v) is 10.3. The van der Waals surface area contributed by atoms with Crippen LogP contribution in [0.15, 0.2) is 58.0 Å². The van der Waals surface area contributed by atoms with Crippen molar-refractivity contribution in [2.45, 2.75) is 62.7 Å². The molecule has 0 radical (unpaired) electrons. The predicted molar refractivity (Wildman–Crippen MR) is 168 cm³/mol. The van der Waals surface area contributed by atoms with Crippen molar-refractivity contribution < 1.29 is 38.8 Å². The fourth-order valence-electron chi connectivity index (χ4n) is 5.93. The number of aromatic nitrogens is 2. The van der Waals surface area contributed by atoms with E-state index in [1.165, 1.54) is 16.7 Å². The Hall–Kier alpha value is -4.28. The number of allylic oxidation sites excluding steroid dienone is 1. The summed E-state index contributed by atoms with van der Waals surface area (Å²) in [5.74, 6) is -2.49. The van der Waals surface area contributed by atoms with E-state index in [4.69, 9.17) is 15.7 Å². The van der Waals surface area contributed by atoms with Crippen LogP contribution < -0.4 is 15.6 Å². The van der Waals surface area contributed by atoms with Gasteiger partial charge < -0.3 is 31.0 Å². The number of pyridine rings is 1. The van der Waals surface area contributed by atoms with Crippen LogP contribution in [0.1, 0.15) is 43.4 Å². The molecule has 16 heteroatoms. The summed E-state index contributed by atoms with van der Waals surface area (Å²) >= 11 is 2.45. The molecule has 3 fully saturated rings. The SMILES string of the molecule is Nc1nc(C(=NOC2CCCC2)C(=O)N[C@@H]2C(=O)N3C(C(=O)O)=C(C=C4CCN(Cc5cc[n+](CCO)cc5)C4=O)CS[C@H]23)cs1. The van der Waals surface area contributed by atoms with E-state index in [0.717, 1.165) is 42.6 Å². The quantitative estimate of drug-likeness (QED) is 0.0874. The second-order valence-electron chi connectivity index (χ2n) is 11.4. The number of oxime groups is 1. The van der Waals surface area contributed by atoms with Crippen LogP contribution in [0.25, 0.3) is 0 Å². The lowest BCUT2D eigenvalue weighted by Gasteiger charge is -2.49. The van der Waals surface area contributed by atoms with Gasteiger partial charge in [0.15, 0.2) is 29.8 Å². The van der Waals surface area contributed by atoms with E-state index in [1.54, 1.807) is 16.4 Å². The first-order valence-electron chi connectivity index (χ1n) is 15.0. The van der Waals surface area contributed by atoms with Gasteiger partial charge in [-0.2, -0.15) is 0 Å². The number of carboxylic acids is 1. The van der Waals surface area contributed by atoms with Crippen LogP contribution in [0.5, 0.6) is 0 Å². The molecule has 2 saturated heterocycles. The van der Waals surface area contributed by atoms with Gasteiger partial charge in [-0.25, -0.2) is 14.3 Å². The summed E-state index contributed by atoms with van der Waals surface area (Å²) in [4.78, 5) is 65.0. The number of aliphatic carboxylic acids is 1. The number of hydrogen-bond donors (Lipinski definition) is 4. The van der Waals surface area contributed by atoms with Crippen molar-refractivity contribution in [2.75, 3.05) is 24.6 Å². The van der Waals surface area contributed by atoms with E-state index >= 15 is 0 Å². The minimum absolute atomic E-state index is 0.0308. The van der Waals surface area contributed by atoms with E-state index in [9.17, 15) is 24.3 Å². The summed E-state index contributed by atoms with van der Waals surface area (Å²) in [6.07, 6.45) is 9.31. The van der Waals surface area contributed by atoms with Crippen molar-refractivity contribution in [3.63, 3.8) is 0 Å². The number of fused-ring (bicyclic) bond motifs is 1. The number of carbonyl (C=O) groups excluding carboxylic acids is 3. The molecule has 3 amide bonds. The maximum Gasteiger partial charge on any atom is 0.352 e. The molecule has 46 heavy (non-hydrogen) atoms. The number of thiazole rings is 1. The fourth-order valence-corrected chi connectivity index (χ4v) is 7.78. The van der Waals surface area contributed by atoms with Gasteiger partial charge in [-0.05, 0) is 49.3 Å². The number of carbonyl (C=O) groups is 4. The van der Waals surface area contributed by atoms with E-state index in [0.29, 0.717) is 37.2 Å². The molecule has 4 aliphatic rings. The van der Waals surface area contributed by atoms with Crippen LogP contribution in [-0.4, -0.2) is 90.8 Å². The third kappa shape index (κ3) is 6.50. The smallest absolute Gasteiger partial charge is 0.352 e. The first kappa shape index (κ1) is 31.7. The summed E-state index contributed by atoms with van der Waals surface area (Å²) in [7, 11) is 0. The number of amides is 3. The number of thioether (sulfide) groups is 1. The number of aliphatic hydroxyl groups is 1. The minimum Gasteiger partial charge on any atom is -0.477 e. The van der Waals surface area contributed by atoms with Gasteiger partial charge in [-0.3, -0.25) is 19.3 Å². The molecule has 2 aromatic rings. The number of hydrogen-bond acceptors (Lipinski definition) is 11. The Morgan fingerprint density at radius 1 is 1.24 bits per heavy atom. The van der Waals surface area contributed by atoms with Crippen molar-refractivity contribution in [3.05, 3.63) is 64.1 Å². The molecule has 1 aliphatic carbocycles. The molecule has 3 aliphatic heterocycles. The first-order valence-corrected chi connectivity index (χ1v) is 16.9. The summed E-state index contributed by atoms with van der Waals surface area (Å²) < 4.78 is 1.84. The number of nitrogens with zero attached hydrogens (tertiary/aromatic N) is 5. The Bertz CT molecular complexity index is 1630. The van der Waals surface area contributed by atoms with Gasteiger partial charge in [-0.1, -0.05) is 5.16 Å². The van der Waals surface area contributed by atoms with Crippen LogP contribution in [0, 0.1) is 0 Å².